The molecule has 1 aromatic heterocycles. The number of hydrogen-bond donors (Lipinski definition) is 3. The lowest BCUT2D eigenvalue weighted by Gasteiger charge is -2.19. The summed E-state index contributed by atoms with van der Waals surface area (Å²) in [6, 6.07) is 12.5. The highest BCUT2D eigenvalue weighted by molar-refractivity contribution is 7.88. The van der Waals surface area contributed by atoms with Crippen molar-refractivity contribution in [1.82, 2.24) is 9.71 Å². The van der Waals surface area contributed by atoms with E-state index in [4.69, 9.17) is 4.74 Å². The minimum atomic E-state index is -4.50. The second-order valence-electron chi connectivity index (χ2n) is 7.24. The van der Waals surface area contributed by atoms with E-state index in [0.29, 0.717) is 29.0 Å². The predicted molar refractivity (Wildman–Crippen MR) is 128 cm³/mol. The van der Waals surface area contributed by atoms with Gasteiger partial charge in [0.25, 0.3) is 0 Å². The Morgan fingerprint density at radius 2 is 1.88 bits per heavy atom. The van der Waals surface area contributed by atoms with Crippen molar-refractivity contribution >= 4 is 37.4 Å². The molecular formula is C21H25N3O6S3. The first-order valence-electron chi connectivity index (χ1n) is 9.99. The summed E-state index contributed by atoms with van der Waals surface area (Å²) in [5.74, 6) is 0.285. The molecule has 1 atom stereocenters. The molecule has 3 aromatic rings. The summed E-state index contributed by atoms with van der Waals surface area (Å²) in [6.07, 6.45) is 0.817. The lowest BCUT2D eigenvalue weighted by atomic mass is 10.0. The minimum Gasteiger partial charge on any atom is -0.497 e. The number of thiazole rings is 1. The van der Waals surface area contributed by atoms with E-state index in [0.717, 1.165) is 5.01 Å². The van der Waals surface area contributed by atoms with E-state index in [-0.39, 0.29) is 17.9 Å². The van der Waals surface area contributed by atoms with Crippen molar-refractivity contribution in [2.24, 2.45) is 0 Å². The third kappa shape index (κ3) is 7.51. The van der Waals surface area contributed by atoms with Gasteiger partial charge in [-0.2, -0.15) is 8.42 Å². The first kappa shape index (κ1) is 25.1. The lowest BCUT2D eigenvalue weighted by molar-refractivity contribution is 0.414. The van der Waals surface area contributed by atoms with Crippen molar-refractivity contribution < 1.29 is 26.1 Å². The number of nitrogens with one attached hydrogen (secondary N) is 2. The quantitative estimate of drug-likeness (QED) is 0.336. The second kappa shape index (κ2) is 10.6. The molecule has 0 aliphatic heterocycles. The Morgan fingerprint density at radius 1 is 1.12 bits per heavy atom. The Balaban J connectivity index is 1.91. The monoisotopic (exact) mass is 511 g/mol. The van der Waals surface area contributed by atoms with E-state index in [1.54, 1.807) is 47.8 Å². The number of aromatic nitrogens is 1. The van der Waals surface area contributed by atoms with Crippen LogP contribution in [-0.2, 0) is 38.9 Å². The van der Waals surface area contributed by atoms with Crippen LogP contribution in [0.3, 0.4) is 0 Å². The van der Waals surface area contributed by atoms with E-state index in [9.17, 15) is 21.4 Å². The molecule has 9 nitrogen and oxygen atoms in total. The van der Waals surface area contributed by atoms with Crippen LogP contribution in [0.25, 0.3) is 0 Å². The third-order valence-corrected chi connectivity index (χ3v) is 7.57. The van der Waals surface area contributed by atoms with Crippen LogP contribution in [0, 0.1) is 0 Å². The fourth-order valence-corrected chi connectivity index (χ4v) is 5.87. The normalized spacial score (nSPS) is 12.9. The SMILES string of the molecule is CCc1nc(C(Cc2ccccc2NS(=O)(=O)O)NS(=O)(=O)Cc2cccc(OC)c2)cs1. The molecule has 0 bridgehead atoms. The molecule has 0 aliphatic carbocycles. The van der Waals surface area contributed by atoms with Crippen molar-refractivity contribution in [1.29, 1.82) is 0 Å². The molecule has 178 valence electrons. The highest BCUT2D eigenvalue weighted by atomic mass is 32.2. The highest BCUT2D eigenvalue weighted by Gasteiger charge is 2.24. The molecule has 0 saturated carbocycles. The number of para-hydroxylation sites is 1. The molecule has 0 radical (unpaired) electrons. The van der Waals surface area contributed by atoms with Crippen molar-refractivity contribution in [2.45, 2.75) is 31.6 Å². The molecule has 3 N–H and O–H groups in total. The molecule has 0 amide bonds. The Labute approximate surface area is 197 Å². The lowest BCUT2D eigenvalue weighted by Crippen LogP contribution is -2.31. The zero-order valence-electron chi connectivity index (χ0n) is 18.1. The molecule has 1 heterocycles. The number of nitrogens with zero attached hydrogens (tertiary/aromatic N) is 1. The van der Waals surface area contributed by atoms with Crippen LogP contribution in [0.4, 0.5) is 5.69 Å². The van der Waals surface area contributed by atoms with Crippen LogP contribution in [0.1, 0.15) is 34.8 Å². The van der Waals surface area contributed by atoms with E-state index in [2.05, 4.69) is 14.4 Å². The number of benzene rings is 2. The van der Waals surface area contributed by atoms with Crippen LogP contribution in [0.15, 0.2) is 53.9 Å². The Bertz CT molecular complexity index is 1310. The van der Waals surface area contributed by atoms with Gasteiger partial charge in [-0.15, -0.1) is 11.3 Å². The maximum absolute atomic E-state index is 13.0. The summed E-state index contributed by atoms with van der Waals surface area (Å²) < 4.78 is 67.9. The van der Waals surface area contributed by atoms with Crippen LogP contribution in [0.2, 0.25) is 0 Å². The van der Waals surface area contributed by atoms with Crippen LogP contribution < -0.4 is 14.2 Å². The summed E-state index contributed by atoms with van der Waals surface area (Å²) in [5, 5.41) is 2.64. The van der Waals surface area contributed by atoms with Crippen LogP contribution >= 0.6 is 11.3 Å². The average molecular weight is 512 g/mol. The number of aryl methyl sites for hydroxylation is 1. The number of rotatable bonds is 11. The van der Waals surface area contributed by atoms with E-state index >= 15 is 0 Å². The molecule has 33 heavy (non-hydrogen) atoms. The number of anilines is 1. The largest absolute Gasteiger partial charge is 0.497 e. The summed E-state index contributed by atoms with van der Waals surface area (Å²) in [4.78, 5) is 4.53. The van der Waals surface area contributed by atoms with Gasteiger partial charge in [-0.25, -0.2) is 18.1 Å². The molecule has 2 aromatic carbocycles. The molecule has 0 aliphatic rings. The molecule has 0 saturated heterocycles. The van der Waals surface area contributed by atoms with Crippen LogP contribution in [-0.4, -0.2) is 33.5 Å². The van der Waals surface area contributed by atoms with Gasteiger partial charge in [0.15, 0.2) is 0 Å². The maximum atomic E-state index is 13.0. The summed E-state index contributed by atoms with van der Waals surface area (Å²) in [7, 11) is -6.79. The number of hydrogen-bond acceptors (Lipinski definition) is 7. The second-order valence-corrected chi connectivity index (χ2v) is 11.1. The van der Waals surface area contributed by atoms with Gasteiger partial charge in [-0.1, -0.05) is 37.3 Å². The van der Waals surface area contributed by atoms with Gasteiger partial charge in [0, 0.05) is 5.38 Å². The average Bonchev–Trinajstić information content (AvgIpc) is 3.22. The number of ether oxygens (including phenoxy) is 1. The van der Waals surface area contributed by atoms with E-state index in [1.807, 2.05) is 6.92 Å². The number of methoxy groups -OCH3 is 1. The maximum Gasteiger partial charge on any atom is 0.357 e. The van der Waals surface area contributed by atoms with Gasteiger partial charge < -0.3 is 4.74 Å². The van der Waals surface area contributed by atoms with Gasteiger partial charge in [-0.3, -0.25) is 9.27 Å². The van der Waals surface area contributed by atoms with E-state index in [1.165, 1.54) is 24.5 Å². The highest BCUT2D eigenvalue weighted by Crippen LogP contribution is 2.27. The molecule has 0 fully saturated rings. The molecule has 0 spiro atoms. The zero-order valence-corrected chi connectivity index (χ0v) is 20.5. The van der Waals surface area contributed by atoms with Gasteiger partial charge in [0.05, 0.1) is 35.3 Å². The van der Waals surface area contributed by atoms with Crippen molar-refractivity contribution in [2.75, 3.05) is 11.8 Å². The number of sulfonamides is 1. The first-order chi connectivity index (χ1) is 15.6. The Kier molecular flexibility index (Phi) is 8.08. The molecule has 3 rings (SSSR count). The molecular weight excluding hydrogens is 486 g/mol. The summed E-state index contributed by atoms with van der Waals surface area (Å²) in [6.45, 7) is 1.95. The van der Waals surface area contributed by atoms with Crippen molar-refractivity contribution in [3.63, 3.8) is 0 Å². The van der Waals surface area contributed by atoms with Crippen molar-refractivity contribution in [3.05, 3.63) is 75.7 Å². The van der Waals surface area contributed by atoms with Gasteiger partial charge in [0.1, 0.15) is 5.75 Å². The fourth-order valence-electron chi connectivity index (χ4n) is 3.25. The summed E-state index contributed by atoms with van der Waals surface area (Å²) >= 11 is 1.42. The zero-order chi connectivity index (χ0) is 24.1. The smallest absolute Gasteiger partial charge is 0.357 e. The Morgan fingerprint density at radius 3 is 2.55 bits per heavy atom. The van der Waals surface area contributed by atoms with Gasteiger partial charge >= 0.3 is 10.3 Å². The standard InChI is InChI=1S/C21H25N3O6S3/c1-3-21-22-20(13-31-21)19(12-16-8-4-5-10-18(16)24-33(27,28)29)23-32(25,26)14-15-7-6-9-17(11-15)30-2/h4-11,13,19,23-24H,3,12,14H2,1-2H3,(H,27,28,29). The van der Waals surface area contributed by atoms with Gasteiger partial charge in [0.2, 0.25) is 10.0 Å². The van der Waals surface area contributed by atoms with Gasteiger partial charge in [-0.05, 0) is 42.2 Å². The van der Waals surface area contributed by atoms with Crippen LogP contribution in [0.5, 0.6) is 5.75 Å². The third-order valence-electron chi connectivity index (χ3n) is 4.72. The van der Waals surface area contributed by atoms with Crippen molar-refractivity contribution in [3.8, 4) is 5.75 Å². The molecule has 1 unspecified atom stereocenters. The topological polar surface area (TPSA) is 135 Å². The minimum absolute atomic E-state index is 0.114. The van der Waals surface area contributed by atoms with E-state index < -0.39 is 26.4 Å². The molecule has 12 heteroatoms. The first-order valence-corrected chi connectivity index (χ1v) is 14.0. The Hall–Kier alpha value is -2.51. The summed E-state index contributed by atoms with van der Waals surface area (Å²) in [5.41, 5.74) is 1.74. The fraction of sp³-hybridized carbons (Fsp3) is 0.286. The predicted octanol–water partition coefficient (Wildman–Crippen LogP) is 3.33.